The Morgan fingerprint density at radius 3 is 2.41 bits per heavy atom. The third kappa shape index (κ3) is 3.28. The summed E-state index contributed by atoms with van der Waals surface area (Å²) < 4.78 is 0. The van der Waals surface area contributed by atoms with Crippen LogP contribution in [0.25, 0.3) is 0 Å². The molecule has 0 aliphatic heterocycles. The van der Waals surface area contributed by atoms with Crippen molar-refractivity contribution in [2.45, 2.75) is 26.3 Å². The molecular formula is C11H22N6. The maximum Gasteiger partial charge on any atom is 0.148 e. The number of nitrogens with one attached hydrogen (secondary N) is 2. The van der Waals surface area contributed by atoms with Crippen molar-refractivity contribution in [3.63, 3.8) is 0 Å². The minimum Gasteiger partial charge on any atom is -0.368 e. The van der Waals surface area contributed by atoms with E-state index in [1.807, 2.05) is 6.92 Å². The molecule has 0 spiro atoms. The molecule has 4 N–H and O–H groups in total. The third-order valence-corrected chi connectivity index (χ3v) is 3.12. The molecule has 1 rings (SSSR count). The average Bonchev–Trinajstić information content (AvgIpc) is 2.27. The largest absolute Gasteiger partial charge is 0.368 e. The fraction of sp³-hybridized carbons (Fsp3) is 0.636. The highest BCUT2D eigenvalue weighted by Crippen LogP contribution is 2.18. The lowest BCUT2D eigenvalue weighted by molar-refractivity contribution is 0.210. The van der Waals surface area contributed by atoms with Gasteiger partial charge in [-0.2, -0.15) is 0 Å². The van der Waals surface area contributed by atoms with Crippen LogP contribution >= 0.6 is 0 Å². The smallest absolute Gasteiger partial charge is 0.148 e. The number of hydrazine groups is 1. The number of nitrogen functional groups attached to an aromatic ring is 1. The Bertz CT molecular complexity index is 374. The van der Waals surface area contributed by atoms with E-state index in [4.69, 9.17) is 5.84 Å². The van der Waals surface area contributed by atoms with Crippen molar-refractivity contribution in [2.75, 3.05) is 31.4 Å². The monoisotopic (exact) mass is 238 g/mol. The molecule has 0 bridgehead atoms. The Labute approximate surface area is 103 Å². The van der Waals surface area contributed by atoms with Gasteiger partial charge in [0.1, 0.15) is 18.0 Å². The quantitative estimate of drug-likeness (QED) is 0.521. The van der Waals surface area contributed by atoms with Gasteiger partial charge in [0.25, 0.3) is 0 Å². The van der Waals surface area contributed by atoms with Gasteiger partial charge in [-0.15, -0.1) is 0 Å². The van der Waals surface area contributed by atoms with Crippen LogP contribution in [0.4, 0.5) is 11.6 Å². The highest BCUT2D eigenvalue weighted by atomic mass is 15.3. The lowest BCUT2D eigenvalue weighted by Crippen LogP contribution is -2.44. The van der Waals surface area contributed by atoms with Gasteiger partial charge in [-0.05, 0) is 34.9 Å². The second-order valence-corrected chi connectivity index (χ2v) is 4.90. The summed E-state index contributed by atoms with van der Waals surface area (Å²) in [7, 11) is 4.11. The molecule has 0 saturated carbocycles. The molecule has 0 aromatic carbocycles. The van der Waals surface area contributed by atoms with Crippen LogP contribution in [0.1, 0.15) is 19.4 Å². The van der Waals surface area contributed by atoms with Crippen LogP contribution in [0.5, 0.6) is 0 Å². The Hall–Kier alpha value is -1.40. The first-order valence-corrected chi connectivity index (χ1v) is 5.58. The van der Waals surface area contributed by atoms with Gasteiger partial charge in [0.15, 0.2) is 0 Å². The summed E-state index contributed by atoms with van der Waals surface area (Å²) in [6.07, 6.45) is 1.49. The minimum absolute atomic E-state index is 0.0493. The summed E-state index contributed by atoms with van der Waals surface area (Å²) >= 11 is 0. The van der Waals surface area contributed by atoms with E-state index >= 15 is 0 Å². The van der Waals surface area contributed by atoms with Crippen molar-refractivity contribution in [1.82, 2.24) is 14.9 Å². The van der Waals surface area contributed by atoms with E-state index in [1.54, 1.807) is 0 Å². The van der Waals surface area contributed by atoms with Gasteiger partial charge in [-0.3, -0.25) is 0 Å². The van der Waals surface area contributed by atoms with Crippen LogP contribution in [0.15, 0.2) is 6.33 Å². The molecule has 96 valence electrons. The molecule has 0 radical (unpaired) electrons. The zero-order chi connectivity index (χ0) is 13.1. The second-order valence-electron chi connectivity index (χ2n) is 4.90. The van der Waals surface area contributed by atoms with Gasteiger partial charge >= 0.3 is 0 Å². The fourth-order valence-electron chi connectivity index (χ4n) is 1.23. The van der Waals surface area contributed by atoms with Crippen molar-refractivity contribution in [3.8, 4) is 0 Å². The predicted molar refractivity (Wildman–Crippen MR) is 70.8 cm³/mol. The van der Waals surface area contributed by atoms with Crippen molar-refractivity contribution in [1.29, 1.82) is 0 Å². The van der Waals surface area contributed by atoms with Crippen molar-refractivity contribution < 1.29 is 0 Å². The number of nitrogens with two attached hydrogens (primary N) is 1. The van der Waals surface area contributed by atoms with Crippen LogP contribution in [0.2, 0.25) is 0 Å². The normalized spacial score (nSPS) is 11.7. The highest BCUT2D eigenvalue weighted by Gasteiger charge is 2.20. The number of aromatic nitrogens is 2. The molecule has 1 heterocycles. The molecule has 17 heavy (non-hydrogen) atoms. The van der Waals surface area contributed by atoms with Crippen LogP contribution < -0.4 is 16.6 Å². The molecule has 6 heteroatoms. The van der Waals surface area contributed by atoms with E-state index in [0.717, 1.165) is 17.9 Å². The van der Waals surface area contributed by atoms with Gasteiger partial charge in [0.2, 0.25) is 0 Å². The van der Waals surface area contributed by atoms with Crippen molar-refractivity contribution >= 4 is 11.6 Å². The fourth-order valence-corrected chi connectivity index (χ4v) is 1.23. The number of anilines is 2. The standard InChI is InChI=1S/C11H22N6/c1-8-9(14-7-15-10(8)16-12)13-6-11(2,3)17(4)5/h7H,6,12H2,1-5H3,(H2,13,14,15,16). The first-order chi connectivity index (χ1) is 7.88. The van der Waals surface area contributed by atoms with E-state index in [9.17, 15) is 0 Å². The molecule has 0 atom stereocenters. The maximum absolute atomic E-state index is 5.37. The molecule has 0 fully saturated rings. The molecular weight excluding hydrogens is 216 g/mol. The first kappa shape index (κ1) is 13.7. The van der Waals surface area contributed by atoms with E-state index in [-0.39, 0.29) is 5.54 Å². The zero-order valence-electron chi connectivity index (χ0n) is 11.2. The lowest BCUT2D eigenvalue weighted by atomic mass is 10.0. The van der Waals surface area contributed by atoms with Gasteiger partial charge in [-0.25, -0.2) is 15.8 Å². The second kappa shape index (κ2) is 5.29. The average molecular weight is 238 g/mol. The minimum atomic E-state index is 0.0493. The number of hydrogen-bond donors (Lipinski definition) is 3. The summed E-state index contributed by atoms with van der Waals surface area (Å²) in [5.74, 6) is 6.83. The molecule has 6 nitrogen and oxygen atoms in total. The summed E-state index contributed by atoms with van der Waals surface area (Å²) in [5.41, 5.74) is 3.52. The van der Waals surface area contributed by atoms with E-state index in [0.29, 0.717) is 5.82 Å². The lowest BCUT2D eigenvalue weighted by Gasteiger charge is -2.33. The number of hydrogen-bond acceptors (Lipinski definition) is 6. The van der Waals surface area contributed by atoms with Crippen molar-refractivity contribution in [3.05, 3.63) is 11.9 Å². The molecule has 0 amide bonds. The van der Waals surface area contributed by atoms with Gasteiger partial charge in [0.05, 0.1) is 0 Å². The summed E-state index contributed by atoms with van der Waals surface area (Å²) in [6.45, 7) is 7.05. The topological polar surface area (TPSA) is 79.1 Å². The molecule has 1 aromatic rings. The van der Waals surface area contributed by atoms with Crippen LogP contribution in [-0.2, 0) is 0 Å². The first-order valence-electron chi connectivity index (χ1n) is 5.58. The van der Waals surface area contributed by atoms with E-state index in [1.165, 1.54) is 6.33 Å². The number of likely N-dealkylation sites (N-methyl/N-ethyl adjacent to an activating group) is 1. The summed E-state index contributed by atoms with van der Waals surface area (Å²) in [6, 6.07) is 0. The van der Waals surface area contributed by atoms with Crippen LogP contribution in [0, 0.1) is 6.92 Å². The van der Waals surface area contributed by atoms with Gasteiger partial charge < -0.3 is 15.6 Å². The zero-order valence-corrected chi connectivity index (χ0v) is 11.2. The third-order valence-electron chi connectivity index (χ3n) is 3.12. The van der Waals surface area contributed by atoms with Gasteiger partial charge in [0, 0.05) is 17.6 Å². The Morgan fingerprint density at radius 1 is 1.29 bits per heavy atom. The van der Waals surface area contributed by atoms with Crippen LogP contribution in [-0.4, -0.2) is 41.0 Å². The molecule has 0 aliphatic carbocycles. The Morgan fingerprint density at radius 2 is 1.88 bits per heavy atom. The van der Waals surface area contributed by atoms with Gasteiger partial charge in [-0.1, -0.05) is 0 Å². The van der Waals surface area contributed by atoms with E-state index < -0.39 is 0 Å². The highest BCUT2D eigenvalue weighted by molar-refractivity contribution is 5.55. The summed E-state index contributed by atoms with van der Waals surface area (Å²) in [5, 5.41) is 3.32. The van der Waals surface area contributed by atoms with Crippen LogP contribution in [0.3, 0.4) is 0 Å². The molecule has 0 unspecified atom stereocenters. The SMILES string of the molecule is Cc1c(NN)ncnc1NCC(C)(C)N(C)C. The molecule has 1 aromatic heterocycles. The number of nitrogens with zero attached hydrogens (tertiary/aromatic N) is 3. The maximum atomic E-state index is 5.37. The number of rotatable bonds is 5. The Kier molecular flexibility index (Phi) is 4.25. The predicted octanol–water partition coefficient (Wildman–Crippen LogP) is 0.823. The molecule has 0 aliphatic rings. The van der Waals surface area contributed by atoms with Crippen molar-refractivity contribution in [2.24, 2.45) is 5.84 Å². The Balaban J connectivity index is 2.76. The molecule has 0 saturated heterocycles. The summed E-state index contributed by atoms with van der Waals surface area (Å²) in [4.78, 5) is 10.4. The van der Waals surface area contributed by atoms with E-state index in [2.05, 4.69) is 53.6 Å².